The number of nitrogens with two attached hydrogens (primary N) is 1. The van der Waals surface area contributed by atoms with E-state index in [1.165, 1.54) is 12.1 Å². The molecule has 0 radical (unpaired) electrons. The van der Waals surface area contributed by atoms with E-state index in [1.807, 2.05) is 6.07 Å². The maximum absolute atomic E-state index is 15.2. The largest absolute Gasteiger partial charge is 0.490 e. The highest BCUT2D eigenvalue weighted by Crippen LogP contribution is 2.41. The van der Waals surface area contributed by atoms with Crippen LogP contribution >= 0.6 is 0 Å². The Morgan fingerprint density at radius 2 is 1.82 bits per heavy atom. The number of benzene rings is 1. The van der Waals surface area contributed by atoms with Crippen LogP contribution in [0.1, 0.15) is 51.0 Å². The van der Waals surface area contributed by atoms with Gasteiger partial charge in [-0.25, -0.2) is 13.8 Å². The lowest BCUT2D eigenvalue weighted by Gasteiger charge is -2.37. The zero-order valence-electron chi connectivity index (χ0n) is 22.7. The summed E-state index contributed by atoms with van der Waals surface area (Å²) in [5.41, 5.74) is 9.01. The fraction of sp³-hybridized carbons (Fsp3) is 0.433. The minimum atomic E-state index is -0.741. The third kappa shape index (κ3) is 5.25. The summed E-state index contributed by atoms with van der Waals surface area (Å²) in [4.78, 5) is 8.82. The van der Waals surface area contributed by atoms with Crippen molar-refractivity contribution >= 4 is 17.2 Å². The number of fused-ring (bicyclic) bond motifs is 1. The summed E-state index contributed by atoms with van der Waals surface area (Å²) in [5.74, 6) is 0.359. The molecule has 0 amide bonds. The second-order valence-electron chi connectivity index (χ2n) is 11.1. The van der Waals surface area contributed by atoms with E-state index in [4.69, 9.17) is 15.2 Å². The number of imidazole rings is 1. The average molecular weight is 549 g/mol. The van der Waals surface area contributed by atoms with E-state index in [0.717, 1.165) is 24.1 Å². The second-order valence-corrected chi connectivity index (χ2v) is 11.1. The molecule has 0 spiro atoms. The summed E-state index contributed by atoms with van der Waals surface area (Å²) in [6, 6.07) is 7.90. The van der Waals surface area contributed by atoms with Crippen molar-refractivity contribution in [2.24, 2.45) is 17.6 Å². The number of nitrogens with zero attached hydrogens (tertiary/aromatic N) is 4. The average Bonchev–Trinajstić information content (AvgIpc) is 3.34. The van der Waals surface area contributed by atoms with Crippen molar-refractivity contribution in [1.29, 1.82) is 0 Å². The quantitative estimate of drug-likeness (QED) is 0.312. The van der Waals surface area contributed by atoms with Gasteiger partial charge in [0.05, 0.1) is 48.1 Å². The molecule has 4 unspecified atom stereocenters. The summed E-state index contributed by atoms with van der Waals surface area (Å²) in [5, 5.41) is 7.92. The van der Waals surface area contributed by atoms with Crippen LogP contribution in [0.5, 0.6) is 5.75 Å². The van der Waals surface area contributed by atoms with Gasteiger partial charge in [0, 0.05) is 37.2 Å². The number of ether oxygens (including phenoxy) is 2. The number of nitrogens with one attached hydrogen (secondary N) is 1. The minimum absolute atomic E-state index is 0.124. The summed E-state index contributed by atoms with van der Waals surface area (Å²) in [6.45, 7) is 5.62. The Kier molecular flexibility index (Phi) is 7.37. The van der Waals surface area contributed by atoms with Gasteiger partial charge >= 0.3 is 0 Å². The molecule has 4 heterocycles. The molecule has 0 bridgehead atoms. The molecule has 4 atom stereocenters. The predicted molar refractivity (Wildman–Crippen MR) is 149 cm³/mol. The van der Waals surface area contributed by atoms with E-state index in [1.54, 1.807) is 35.2 Å². The highest BCUT2D eigenvalue weighted by Gasteiger charge is 2.32. The topological polar surface area (TPSA) is 99.6 Å². The fourth-order valence-electron chi connectivity index (χ4n) is 5.92. The normalized spacial score (nSPS) is 23.8. The Bertz CT molecular complexity index is 1470. The summed E-state index contributed by atoms with van der Waals surface area (Å²) < 4.78 is 43.2. The van der Waals surface area contributed by atoms with Gasteiger partial charge in [0.1, 0.15) is 23.5 Å². The lowest BCUT2D eigenvalue weighted by atomic mass is 9.71. The smallest absolute Gasteiger partial charge is 0.229 e. The van der Waals surface area contributed by atoms with E-state index in [-0.39, 0.29) is 35.1 Å². The van der Waals surface area contributed by atoms with Crippen LogP contribution in [-0.2, 0) is 4.74 Å². The van der Waals surface area contributed by atoms with Crippen LogP contribution < -0.4 is 15.8 Å². The molecule has 1 saturated carbocycles. The van der Waals surface area contributed by atoms with E-state index >= 15 is 8.78 Å². The molecular formula is C30H34F2N6O2. The van der Waals surface area contributed by atoms with Crippen LogP contribution in [0.25, 0.3) is 16.8 Å². The van der Waals surface area contributed by atoms with Crippen LogP contribution in [0.2, 0.25) is 0 Å². The summed E-state index contributed by atoms with van der Waals surface area (Å²) in [6.07, 6.45) is 8.38. The predicted octanol–water partition coefficient (Wildman–Crippen LogP) is 5.85. The SMILES string of the molecule is CC1CC(c2ccncc2Nc2ncc3ccc(-c4c(F)cc(OC5CCOCC5)cc4F)nn23)CC(N)C1C. The van der Waals surface area contributed by atoms with Crippen LogP contribution in [0.4, 0.5) is 20.4 Å². The monoisotopic (exact) mass is 548 g/mol. The van der Waals surface area contributed by atoms with Crippen molar-refractivity contribution in [1.82, 2.24) is 19.6 Å². The Labute approximate surface area is 231 Å². The van der Waals surface area contributed by atoms with Gasteiger partial charge in [0.15, 0.2) is 0 Å². The van der Waals surface area contributed by atoms with Gasteiger partial charge in [0.25, 0.3) is 0 Å². The molecule has 1 aliphatic heterocycles. The molecule has 3 aromatic heterocycles. The first kappa shape index (κ1) is 26.6. The molecule has 40 heavy (non-hydrogen) atoms. The molecule has 2 aliphatic rings. The Morgan fingerprint density at radius 3 is 2.58 bits per heavy atom. The number of hydrogen-bond acceptors (Lipinski definition) is 7. The molecule has 4 aromatic rings. The number of pyridine rings is 1. The molecule has 3 N–H and O–H groups in total. The van der Waals surface area contributed by atoms with Crippen molar-refractivity contribution in [3.63, 3.8) is 0 Å². The first-order chi connectivity index (χ1) is 19.4. The van der Waals surface area contributed by atoms with Crippen molar-refractivity contribution < 1.29 is 18.3 Å². The zero-order chi connectivity index (χ0) is 27.8. The summed E-state index contributed by atoms with van der Waals surface area (Å²) in [7, 11) is 0. The van der Waals surface area contributed by atoms with Gasteiger partial charge in [0.2, 0.25) is 5.95 Å². The number of halogens is 2. The van der Waals surface area contributed by atoms with E-state index in [0.29, 0.717) is 49.4 Å². The molecule has 8 nitrogen and oxygen atoms in total. The van der Waals surface area contributed by atoms with Crippen molar-refractivity contribution in [2.45, 2.75) is 57.6 Å². The van der Waals surface area contributed by atoms with Gasteiger partial charge < -0.3 is 20.5 Å². The maximum atomic E-state index is 15.2. The van der Waals surface area contributed by atoms with E-state index in [2.05, 4.69) is 34.2 Å². The molecule has 1 saturated heterocycles. The zero-order valence-corrected chi connectivity index (χ0v) is 22.7. The number of aromatic nitrogens is 4. The van der Waals surface area contributed by atoms with Crippen molar-refractivity contribution in [3.8, 4) is 17.0 Å². The Hall–Kier alpha value is -3.63. The number of hydrogen-bond donors (Lipinski definition) is 2. The molecule has 1 aromatic carbocycles. The minimum Gasteiger partial charge on any atom is -0.490 e. The molecule has 10 heteroatoms. The standard InChI is InChI=1S/C30H34F2N6O2/c1-17-11-19(12-26(33)18(17)2)23-5-8-34-16-28(23)36-30-35-15-20-3-4-27(37-38(20)30)29-24(31)13-22(14-25(29)32)40-21-6-9-39-10-7-21/h3-5,8,13-19,21,26H,6-7,9-12,33H2,1-2H3,(H,35,36). The first-order valence-electron chi connectivity index (χ1n) is 13.9. The van der Waals surface area contributed by atoms with E-state index in [9.17, 15) is 0 Å². The van der Waals surface area contributed by atoms with E-state index < -0.39 is 11.6 Å². The fourth-order valence-corrected chi connectivity index (χ4v) is 5.92. The van der Waals surface area contributed by atoms with Gasteiger partial charge in [-0.1, -0.05) is 13.8 Å². The number of rotatable bonds is 6. The van der Waals surface area contributed by atoms with Crippen molar-refractivity contribution in [2.75, 3.05) is 18.5 Å². The molecule has 6 rings (SSSR count). The molecule has 210 valence electrons. The van der Waals surface area contributed by atoms with Crippen LogP contribution in [0, 0.1) is 23.5 Å². The van der Waals surface area contributed by atoms with Gasteiger partial charge in [-0.15, -0.1) is 0 Å². The number of anilines is 2. The lowest BCUT2D eigenvalue weighted by molar-refractivity contribution is 0.0253. The highest BCUT2D eigenvalue weighted by molar-refractivity contribution is 5.66. The van der Waals surface area contributed by atoms with Crippen LogP contribution in [-0.4, -0.2) is 44.9 Å². The Morgan fingerprint density at radius 1 is 1.05 bits per heavy atom. The molecule has 1 aliphatic carbocycles. The Balaban J connectivity index is 1.29. The van der Waals surface area contributed by atoms with Gasteiger partial charge in [-0.05, 0) is 54.4 Å². The maximum Gasteiger partial charge on any atom is 0.229 e. The molecule has 2 fully saturated rings. The van der Waals surface area contributed by atoms with Crippen molar-refractivity contribution in [3.05, 3.63) is 66.1 Å². The highest BCUT2D eigenvalue weighted by atomic mass is 19.1. The molecular weight excluding hydrogens is 514 g/mol. The second kappa shape index (κ2) is 11.1. The van der Waals surface area contributed by atoms with Crippen LogP contribution in [0.3, 0.4) is 0 Å². The third-order valence-electron chi connectivity index (χ3n) is 8.45. The third-order valence-corrected chi connectivity index (χ3v) is 8.45. The summed E-state index contributed by atoms with van der Waals surface area (Å²) >= 11 is 0. The van der Waals surface area contributed by atoms with Gasteiger partial charge in [-0.3, -0.25) is 4.98 Å². The lowest BCUT2D eigenvalue weighted by Crippen LogP contribution is -2.39. The van der Waals surface area contributed by atoms with Gasteiger partial charge in [-0.2, -0.15) is 9.61 Å². The van der Waals surface area contributed by atoms with Crippen LogP contribution in [0.15, 0.2) is 48.9 Å². The first-order valence-corrected chi connectivity index (χ1v) is 13.9.